The van der Waals surface area contributed by atoms with E-state index in [1.54, 1.807) is 0 Å². The van der Waals surface area contributed by atoms with Gasteiger partial charge in [0, 0.05) is 36.5 Å². The van der Waals surface area contributed by atoms with Crippen molar-refractivity contribution in [2.24, 2.45) is 0 Å². The summed E-state index contributed by atoms with van der Waals surface area (Å²) in [6, 6.07) is 51.3. The standard InChI is InChI=1S/C41H26NO2P/c1-3-8-27(9-4-1)31-14-18-38-36(25-31)43-35-17-16-34(33-13-7-12-30(24-33)29-20-22-42-23-21-29)40-41(35)45(38)39-19-15-32(26-37(39)44-40)28-10-5-2-6-11-28/h1-26H. The third-order valence-corrected chi connectivity index (χ3v) is 11.1. The fraction of sp³-hybridized carbons (Fsp3) is 0. The lowest BCUT2D eigenvalue weighted by Crippen LogP contribution is -2.32. The Balaban J connectivity index is 1.24. The molecule has 0 spiro atoms. The molecule has 0 aliphatic carbocycles. The van der Waals surface area contributed by atoms with Gasteiger partial charge in [-0.05, 0) is 93.5 Å². The Bertz CT molecular complexity index is 2200. The summed E-state index contributed by atoms with van der Waals surface area (Å²) in [7, 11) is -0.930. The third kappa shape index (κ3) is 4.44. The molecule has 212 valence electrons. The monoisotopic (exact) mass is 595 g/mol. The number of hydrogen-bond acceptors (Lipinski definition) is 3. The highest BCUT2D eigenvalue weighted by atomic mass is 31.1. The van der Waals surface area contributed by atoms with Crippen molar-refractivity contribution >= 4 is 23.8 Å². The molecule has 0 N–H and O–H groups in total. The predicted octanol–water partition coefficient (Wildman–Crippen LogP) is 9.72. The maximum absolute atomic E-state index is 6.95. The topological polar surface area (TPSA) is 31.4 Å². The van der Waals surface area contributed by atoms with E-state index in [4.69, 9.17) is 9.47 Å². The van der Waals surface area contributed by atoms with Gasteiger partial charge in [0.25, 0.3) is 0 Å². The van der Waals surface area contributed by atoms with Crippen LogP contribution in [0.1, 0.15) is 0 Å². The first kappa shape index (κ1) is 25.9. The zero-order valence-corrected chi connectivity index (χ0v) is 25.1. The second kappa shape index (κ2) is 10.6. The average Bonchev–Trinajstić information content (AvgIpc) is 3.12. The summed E-state index contributed by atoms with van der Waals surface area (Å²) in [5, 5.41) is 3.55. The normalized spacial score (nSPS) is 13.9. The van der Waals surface area contributed by atoms with Crippen LogP contribution in [0.2, 0.25) is 0 Å². The molecule has 1 unspecified atom stereocenters. The smallest absolute Gasteiger partial charge is 0.147 e. The number of aromatic nitrogens is 1. The number of rotatable bonds is 4. The summed E-state index contributed by atoms with van der Waals surface area (Å²) in [6.45, 7) is 0. The van der Waals surface area contributed by atoms with Crippen molar-refractivity contribution in [2.75, 3.05) is 0 Å². The van der Waals surface area contributed by atoms with Crippen LogP contribution >= 0.6 is 7.92 Å². The lowest BCUT2D eigenvalue weighted by molar-refractivity contribution is 0.468. The molecule has 9 rings (SSSR count). The number of fused-ring (bicyclic) bond motifs is 4. The summed E-state index contributed by atoms with van der Waals surface area (Å²) in [6.07, 6.45) is 3.67. The second-order valence-electron chi connectivity index (χ2n) is 11.2. The van der Waals surface area contributed by atoms with Gasteiger partial charge < -0.3 is 9.47 Å². The van der Waals surface area contributed by atoms with Crippen molar-refractivity contribution in [3.63, 3.8) is 0 Å². The summed E-state index contributed by atoms with van der Waals surface area (Å²) in [5.41, 5.74) is 9.05. The zero-order chi connectivity index (χ0) is 29.7. The van der Waals surface area contributed by atoms with E-state index in [0.717, 1.165) is 61.7 Å². The van der Waals surface area contributed by atoms with Crippen LogP contribution in [-0.2, 0) is 0 Å². The van der Waals surface area contributed by atoms with E-state index in [9.17, 15) is 0 Å². The first-order valence-electron chi connectivity index (χ1n) is 15.0. The van der Waals surface area contributed by atoms with Crippen molar-refractivity contribution < 1.29 is 9.47 Å². The molecule has 0 amide bonds. The third-order valence-electron chi connectivity index (χ3n) is 8.55. The number of benzene rings is 6. The number of nitrogens with zero attached hydrogens (tertiary/aromatic N) is 1. The minimum Gasteiger partial charge on any atom is -0.456 e. The van der Waals surface area contributed by atoms with Crippen LogP contribution in [0.3, 0.4) is 0 Å². The Hall–Kier alpha value is -5.50. The summed E-state index contributed by atoms with van der Waals surface area (Å²) < 4.78 is 13.7. The average molecular weight is 596 g/mol. The molecular formula is C41H26NO2P. The highest BCUT2D eigenvalue weighted by Crippen LogP contribution is 2.55. The van der Waals surface area contributed by atoms with Gasteiger partial charge in [-0.2, -0.15) is 0 Å². The zero-order valence-electron chi connectivity index (χ0n) is 24.2. The van der Waals surface area contributed by atoms with E-state index in [-0.39, 0.29) is 0 Å². The summed E-state index contributed by atoms with van der Waals surface area (Å²) >= 11 is 0. The molecule has 0 bridgehead atoms. The molecule has 1 atom stereocenters. The van der Waals surface area contributed by atoms with Crippen LogP contribution in [0.5, 0.6) is 23.0 Å². The minimum absolute atomic E-state index is 0.862. The summed E-state index contributed by atoms with van der Waals surface area (Å²) in [5.74, 6) is 3.55. The molecule has 3 heterocycles. The van der Waals surface area contributed by atoms with E-state index in [1.807, 2.05) is 30.6 Å². The molecule has 0 radical (unpaired) electrons. The Morgan fingerprint density at radius 1 is 0.400 bits per heavy atom. The van der Waals surface area contributed by atoms with Gasteiger partial charge in [0.2, 0.25) is 0 Å². The van der Waals surface area contributed by atoms with Gasteiger partial charge in [-0.1, -0.05) is 91.0 Å². The van der Waals surface area contributed by atoms with Crippen LogP contribution < -0.4 is 25.4 Å². The molecule has 0 saturated carbocycles. The van der Waals surface area contributed by atoms with Crippen LogP contribution in [0, 0.1) is 0 Å². The van der Waals surface area contributed by atoms with E-state index in [1.165, 1.54) is 21.7 Å². The largest absolute Gasteiger partial charge is 0.456 e. The quantitative estimate of drug-likeness (QED) is 0.190. The highest BCUT2D eigenvalue weighted by molar-refractivity contribution is 7.80. The molecule has 3 nitrogen and oxygen atoms in total. The Morgan fingerprint density at radius 3 is 1.62 bits per heavy atom. The fourth-order valence-electron chi connectivity index (χ4n) is 6.37. The number of hydrogen-bond donors (Lipinski definition) is 0. The molecule has 2 aliphatic heterocycles. The fourth-order valence-corrected chi connectivity index (χ4v) is 8.93. The van der Waals surface area contributed by atoms with E-state index in [2.05, 4.69) is 132 Å². The van der Waals surface area contributed by atoms with Crippen molar-refractivity contribution in [1.82, 2.24) is 4.98 Å². The van der Waals surface area contributed by atoms with Crippen molar-refractivity contribution in [1.29, 1.82) is 0 Å². The lowest BCUT2D eigenvalue weighted by Gasteiger charge is -2.36. The molecule has 0 saturated heterocycles. The molecule has 6 aromatic carbocycles. The molecule has 0 fully saturated rings. The first-order valence-corrected chi connectivity index (χ1v) is 16.4. The molecule has 1 aromatic heterocycles. The SMILES string of the molecule is c1ccc(-c2ccc3c(c2)Oc2ccc(-c4cccc(-c5ccncc5)c4)c4c2P3c2ccc(-c3ccccc3)cc2O4)cc1. The maximum atomic E-state index is 6.95. The van der Waals surface area contributed by atoms with Crippen molar-refractivity contribution in [3.8, 4) is 67.5 Å². The van der Waals surface area contributed by atoms with Crippen molar-refractivity contribution in [3.05, 3.63) is 158 Å². The van der Waals surface area contributed by atoms with Gasteiger partial charge in [-0.3, -0.25) is 4.98 Å². The van der Waals surface area contributed by atoms with Gasteiger partial charge >= 0.3 is 0 Å². The predicted molar refractivity (Wildman–Crippen MR) is 185 cm³/mol. The van der Waals surface area contributed by atoms with Crippen LogP contribution in [0.15, 0.2) is 158 Å². The van der Waals surface area contributed by atoms with Gasteiger partial charge in [0.15, 0.2) is 0 Å². The summed E-state index contributed by atoms with van der Waals surface area (Å²) in [4.78, 5) is 4.20. The molecule has 45 heavy (non-hydrogen) atoms. The van der Waals surface area contributed by atoms with Crippen LogP contribution in [0.25, 0.3) is 44.5 Å². The van der Waals surface area contributed by atoms with Gasteiger partial charge in [-0.25, -0.2) is 0 Å². The Kier molecular flexibility index (Phi) is 6.11. The van der Waals surface area contributed by atoms with E-state index >= 15 is 0 Å². The van der Waals surface area contributed by atoms with Crippen molar-refractivity contribution in [2.45, 2.75) is 0 Å². The number of ether oxygens (including phenoxy) is 2. The Labute approximate surface area is 263 Å². The lowest BCUT2D eigenvalue weighted by atomic mass is 9.98. The highest BCUT2D eigenvalue weighted by Gasteiger charge is 2.38. The molecule has 2 aliphatic rings. The number of pyridine rings is 1. The van der Waals surface area contributed by atoms with Crippen LogP contribution in [0.4, 0.5) is 0 Å². The minimum atomic E-state index is -0.930. The van der Waals surface area contributed by atoms with E-state index in [0.29, 0.717) is 0 Å². The van der Waals surface area contributed by atoms with Gasteiger partial charge in [0.05, 0.1) is 5.30 Å². The molecule has 4 heteroatoms. The Morgan fingerprint density at radius 2 is 0.956 bits per heavy atom. The molecular weight excluding hydrogens is 569 g/mol. The maximum Gasteiger partial charge on any atom is 0.147 e. The first-order chi connectivity index (χ1) is 22.3. The van der Waals surface area contributed by atoms with Gasteiger partial charge in [0.1, 0.15) is 23.0 Å². The molecule has 7 aromatic rings. The van der Waals surface area contributed by atoms with Gasteiger partial charge in [-0.15, -0.1) is 0 Å². The van der Waals surface area contributed by atoms with Crippen LogP contribution in [-0.4, -0.2) is 4.98 Å². The van der Waals surface area contributed by atoms with E-state index < -0.39 is 7.92 Å². The second-order valence-corrected chi connectivity index (χ2v) is 13.3.